The molecular formula is C14H17NO. The number of nitrogens with one attached hydrogen (secondary N) is 1. The highest BCUT2D eigenvalue weighted by Crippen LogP contribution is 2.19. The number of hydrogen-bond acceptors (Lipinski definition) is 2. The fourth-order valence-corrected chi connectivity index (χ4v) is 1.95. The summed E-state index contributed by atoms with van der Waals surface area (Å²) in [5.41, 5.74) is 2.29. The molecule has 2 rings (SSSR count). The maximum atomic E-state index is 11.3. The Hall–Kier alpha value is -1.57. The van der Waals surface area contributed by atoms with E-state index < -0.39 is 0 Å². The predicted molar refractivity (Wildman–Crippen MR) is 65.1 cm³/mol. The Balaban J connectivity index is 1.75. The second-order valence-corrected chi connectivity index (χ2v) is 4.14. The Bertz CT molecular complexity index is 381. The maximum Gasteiger partial charge on any atom is 0.160 e. The molecule has 1 aliphatic carbocycles. The molecule has 1 saturated carbocycles. The molecule has 0 heterocycles. The van der Waals surface area contributed by atoms with Gasteiger partial charge in [0.15, 0.2) is 5.78 Å². The van der Waals surface area contributed by atoms with E-state index >= 15 is 0 Å². The molecule has 1 aliphatic rings. The molecule has 0 aromatic heterocycles. The topological polar surface area (TPSA) is 29.1 Å². The highest BCUT2D eigenvalue weighted by Gasteiger charge is 2.15. The second kappa shape index (κ2) is 5.50. The third kappa shape index (κ3) is 2.96. The third-order valence-electron chi connectivity index (χ3n) is 2.89. The predicted octanol–water partition coefficient (Wildman–Crippen LogP) is 2.46. The van der Waals surface area contributed by atoms with Gasteiger partial charge < -0.3 is 5.32 Å². The van der Waals surface area contributed by atoms with Crippen LogP contribution in [-0.4, -0.2) is 12.3 Å². The van der Waals surface area contributed by atoms with Gasteiger partial charge in [-0.2, -0.15) is 0 Å². The largest absolute Gasteiger partial charge is 0.390 e. The van der Waals surface area contributed by atoms with Gasteiger partial charge in [0.2, 0.25) is 0 Å². The minimum Gasteiger partial charge on any atom is -0.390 e. The van der Waals surface area contributed by atoms with Crippen LogP contribution < -0.4 is 5.32 Å². The van der Waals surface area contributed by atoms with E-state index in [-0.39, 0.29) is 0 Å². The second-order valence-electron chi connectivity index (χ2n) is 4.14. The highest BCUT2D eigenvalue weighted by molar-refractivity contribution is 5.97. The van der Waals surface area contributed by atoms with E-state index in [0.29, 0.717) is 5.78 Å². The zero-order valence-corrected chi connectivity index (χ0v) is 9.41. The van der Waals surface area contributed by atoms with Gasteiger partial charge >= 0.3 is 0 Å². The maximum absolute atomic E-state index is 11.3. The molecule has 0 aliphatic heterocycles. The number of allylic oxidation sites excluding steroid dienone is 1. The Morgan fingerprint density at radius 3 is 2.69 bits per heavy atom. The fourth-order valence-electron chi connectivity index (χ4n) is 1.95. The molecule has 1 aromatic carbocycles. The first-order chi connectivity index (χ1) is 7.86. The summed E-state index contributed by atoms with van der Waals surface area (Å²) in [5, 5.41) is 3.22. The van der Waals surface area contributed by atoms with Crippen LogP contribution in [0.15, 0.2) is 42.1 Å². The number of carbonyl (C=O) groups is 1. The van der Waals surface area contributed by atoms with E-state index in [4.69, 9.17) is 0 Å². The van der Waals surface area contributed by atoms with Crippen molar-refractivity contribution in [1.29, 1.82) is 0 Å². The first-order valence-electron chi connectivity index (χ1n) is 5.86. The molecule has 0 atom stereocenters. The van der Waals surface area contributed by atoms with Gasteiger partial charge in [0.05, 0.1) is 0 Å². The van der Waals surface area contributed by atoms with Gasteiger partial charge in [-0.25, -0.2) is 0 Å². The van der Waals surface area contributed by atoms with E-state index in [2.05, 4.69) is 17.4 Å². The molecule has 1 N–H and O–H groups in total. The molecule has 2 nitrogen and oxygen atoms in total. The lowest BCUT2D eigenvalue weighted by molar-refractivity contribution is -0.114. The monoisotopic (exact) mass is 215 g/mol. The summed E-state index contributed by atoms with van der Waals surface area (Å²) >= 11 is 0. The minimum atomic E-state index is 0.312. The third-order valence-corrected chi connectivity index (χ3v) is 2.89. The van der Waals surface area contributed by atoms with Crippen molar-refractivity contribution in [3.8, 4) is 0 Å². The normalized spacial score (nSPS) is 18.0. The standard InChI is InChI=1S/C14H17NO/c16-14-8-4-7-13(14)11-15-10-9-12-5-2-1-3-6-12/h1-3,5-6,11,15H,4,7-10H2/b13-11-. The van der Waals surface area contributed by atoms with Gasteiger partial charge in [-0.15, -0.1) is 0 Å². The first kappa shape index (κ1) is 10.9. The average molecular weight is 215 g/mol. The summed E-state index contributed by atoms with van der Waals surface area (Å²) in [6, 6.07) is 10.4. The van der Waals surface area contributed by atoms with Crippen molar-refractivity contribution in [3.63, 3.8) is 0 Å². The van der Waals surface area contributed by atoms with E-state index in [1.165, 1.54) is 5.56 Å². The van der Waals surface area contributed by atoms with Crippen LogP contribution in [0.25, 0.3) is 0 Å². The molecule has 0 unspecified atom stereocenters. The van der Waals surface area contributed by atoms with E-state index in [0.717, 1.165) is 37.8 Å². The minimum absolute atomic E-state index is 0.312. The van der Waals surface area contributed by atoms with Crippen LogP contribution in [-0.2, 0) is 11.2 Å². The van der Waals surface area contributed by atoms with Crippen molar-refractivity contribution in [3.05, 3.63) is 47.7 Å². The number of benzene rings is 1. The van der Waals surface area contributed by atoms with Crippen molar-refractivity contribution >= 4 is 5.78 Å². The average Bonchev–Trinajstić information content (AvgIpc) is 2.72. The molecule has 84 valence electrons. The van der Waals surface area contributed by atoms with Gasteiger partial charge in [-0.3, -0.25) is 4.79 Å². The lowest BCUT2D eigenvalue weighted by Crippen LogP contribution is -2.11. The first-order valence-corrected chi connectivity index (χ1v) is 5.86. The number of Topliss-reactive ketones (excluding diaryl/α,β-unsaturated/α-hetero) is 1. The zero-order valence-electron chi connectivity index (χ0n) is 9.41. The highest BCUT2D eigenvalue weighted by atomic mass is 16.1. The Kier molecular flexibility index (Phi) is 3.76. The molecule has 1 fully saturated rings. The van der Waals surface area contributed by atoms with Gasteiger partial charge in [0, 0.05) is 24.7 Å². The molecule has 0 radical (unpaired) electrons. The van der Waals surface area contributed by atoms with Crippen molar-refractivity contribution in [1.82, 2.24) is 5.32 Å². The lowest BCUT2D eigenvalue weighted by Gasteiger charge is -2.02. The Morgan fingerprint density at radius 2 is 2.00 bits per heavy atom. The van der Waals surface area contributed by atoms with Gasteiger partial charge in [-0.05, 0) is 24.8 Å². The van der Waals surface area contributed by atoms with Crippen LogP contribution in [0.3, 0.4) is 0 Å². The van der Waals surface area contributed by atoms with Crippen LogP contribution in [0.2, 0.25) is 0 Å². The van der Waals surface area contributed by atoms with E-state index in [1.54, 1.807) is 0 Å². The van der Waals surface area contributed by atoms with Crippen LogP contribution in [0, 0.1) is 0 Å². The molecule has 0 spiro atoms. The van der Waals surface area contributed by atoms with Gasteiger partial charge in [-0.1, -0.05) is 30.3 Å². The Morgan fingerprint density at radius 1 is 1.19 bits per heavy atom. The summed E-state index contributed by atoms with van der Waals surface area (Å²) in [7, 11) is 0. The molecule has 16 heavy (non-hydrogen) atoms. The number of carbonyl (C=O) groups excluding carboxylic acids is 1. The van der Waals surface area contributed by atoms with Crippen molar-refractivity contribution in [2.45, 2.75) is 25.7 Å². The zero-order chi connectivity index (χ0) is 11.2. The molecule has 2 heteroatoms. The van der Waals surface area contributed by atoms with E-state index in [1.807, 2.05) is 24.4 Å². The number of ketones is 1. The van der Waals surface area contributed by atoms with Crippen molar-refractivity contribution in [2.24, 2.45) is 0 Å². The molecule has 0 amide bonds. The van der Waals surface area contributed by atoms with Crippen LogP contribution in [0.4, 0.5) is 0 Å². The lowest BCUT2D eigenvalue weighted by atomic mass is 10.1. The van der Waals surface area contributed by atoms with Crippen LogP contribution in [0.1, 0.15) is 24.8 Å². The summed E-state index contributed by atoms with van der Waals surface area (Å²) in [6.45, 7) is 0.890. The summed E-state index contributed by atoms with van der Waals surface area (Å²) in [4.78, 5) is 11.3. The molecule has 0 bridgehead atoms. The molecule has 1 aromatic rings. The summed E-state index contributed by atoms with van der Waals surface area (Å²) in [6.07, 6.45) is 5.59. The number of rotatable bonds is 4. The fraction of sp³-hybridized carbons (Fsp3) is 0.357. The van der Waals surface area contributed by atoms with Crippen molar-refractivity contribution in [2.75, 3.05) is 6.54 Å². The summed E-state index contributed by atoms with van der Waals surface area (Å²) in [5.74, 6) is 0.312. The van der Waals surface area contributed by atoms with Crippen LogP contribution >= 0.6 is 0 Å². The quantitative estimate of drug-likeness (QED) is 0.617. The summed E-state index contributed by atoms with van der Waals surface area (Å²) < 4.78 is 0. The smallest absolute Gasteiger partial charge is 0.160 e. The van der Waals surface area contributed by atoms with Crippen LogP contribution in [0.5, 0.6) is 0 Å². The number of hydrogen-bond donors (Lipinski definition) is 1. The Labute approximate surface area is 96.4 Å². The van der Waals surface area contributed by atoms with Crippen molar-refractivity contribution < 1.29 is 4.79 Å². The van der Waals surface area contributed by atoms with Gasteiger partial charge in [0.1, 0.15) is 0 Å². The van der Waals surface area contributed by atoms with Gasteiger partial charge in [0.25, 0.3) is 0 Å². The van der Waals surface area contributed by atoms with E-state index in [9.17, 15) is 4.79 Å². The SMILES string of the molecule is O=C1CCC/C1=C/NCCc1ccccc1. The molecule has 0 saturated heterocycles. The molecular weight excluding hydrogens is 198 g/mol.